The van der Waals surface area contributed by atoms with Crippen LogP contribution in [0.4, 0.5) is 11.8 Å². The van der Waals surface area contributed by atoms with E-state index in [1.54, 1.807) is 11.8 Å². The third-order valence-electron chi connectivity index (χ3n) is 3.54. The largest absolute Gasteiger partial charge is 0.395 e. The molecule has 118 valence electrons. The molecule has 0 fully saturated rings. The zero-order valence-corrected chi connectivity index (χ0v) is 13.6. The summed E-state index contributed by atoms with van der Waals surface area (Å²) in [7, 11) is 0. The summed E-state index contributed by atoms with van der Waals surface area (Å²) in [5.41, 5.74) is 8.86. The first-order valence-corrected chi connectivity index (χ1v) is 8.51. The van der Waals surface area contributed by atoms with Gasteiger partial charge in [0.25, 0.3) is 0 Å². The second-order valence-electron chi connectivity index (χ2n) is 5.01. The number of aliphatic hydroxyl groups excluding tert-OH is 1. The minimum absolute atomic E-state index is 0.0323. The second-order valence-corrected chi connectivity index (χ2v) is 5.86. The molecule has 0 saturated heterocycles. The van der Waals surface area contributed by atoms with Crippen LogP contribution in [0.2, 0.25) is 0 Å². The highest BCUT2D eigenvalue weighted by atomic mass is 32.2. The number of thioether (sulfide) groups is 1. The van der Waals surface area contributed by atoms with Crippen molar-refractivity contribution in [2.75, 3.05) is 30.5 Å². The molecule has 0 saturated carbocycles. The number of nitrogen functional groups attached to an aromatic ring is 1. The number of hydrogen-bond donors (Lipinski definition) is 3. The van der Waals surface area contributed by atoms with Crippen molar-refractivity contribution in [2.24, 2.45) is 0 Å². The standard InChI is InChI=1S/C17H18N4OS/c1-23-15-5-3-2-4-12(15)11-6-7-13-14(10-11)20-17(18)21-16(13)19-8-9-22/h2-7,10,22H,8-9H2,1H3,(H3,18,19,20,21). The van der Waals surface area contributed by atoms with Gasteiger partial charge in [0.05, 0.1) is 12.1 Å². The van der Waals surface area contributed by atoms with Gasteiger partial charge in [-0.2, -0.15) is 4.98 Å². The number of nitrogens with one attached hydrogen (secondary N) is 1. The third kappa shape index (κ3) is 3.23. The second kappa shape index (κ2) is 6.85. The maximum atomic E-state index is 8.98. The molecule has 1 aromatic heterocycles. The predicted molar refractivity (Wildman–Crippen MR) is 96.7 cm³/mol. The van der Waals surface area contributed by atoms with Gasteiger partial charge in [-0.3, -0.25) is 0 Å². The van der Waals surface area contributed by atoms with E-state index in [2.05, 4.69) is 39.7 Å². The highest BCUT2D eigenvalue weighted by molar-refractivity contribution is 7.98. The number of aromatic nitrogens is 2. The van der Waals surface area contributed by atoms with E-state index in [9.17, 15) is 0 Å². The Morgan fingerprint density at radius 3 is 2.78 bits per heavy atom. The number of aliphatic hydroxyl groups is 1. The Morgan fingerprint density at radius 2 is 2.00 bits per heavy atom. The first-order chi connectivity index (χ1) is 11.2. The lowest BCUT2D eigenvalue weighted by Gasteiger charge is -2.11. The zero-order chi connectivity index (χ0) is 16.2. The average molecular weight is 326 g/mol. The smallest absolute Gasteiger partial charge is 0.222 e. The van der Waals surface area contributed by atoms with Gasteiger partial charge in [-0.1, -0.05) is 24.3 Å². The van der Waals surface area contributed by atoms with Crippen LogP contribution >= 0.6 is 11.8 Å². The van der Waals surface area contributed by atoms with Crippen LogP contribution in [0.15, 0.2) is 47.4 Å². The molecular formula is C17H18N4OS. The van der Waals surface area contributed by atoms with Crippen molar-refractivity contribution in [2.45, 2.75) is 4.90 Å². The van der Waals surface area contributed by atoms with Crippen molar-refractivity contribution in [1.82, 2.24) is 9.97 Å². The fourth-order valence-electron chi connectivity index (χ4n) is 2.51. The van der Waals surface area contributed by atoms with Gasteiger partial charge >= 0.3 is 0 Å². The van der Waals surface area contributed by atoms with Crippen LogP contribution < -0.4 is 11.1 Å². The summed E-state index contributed by atoms with van der Waals surface area (Å²) in [5, 5.41) is 12.9. The number of benzene rings is 2. The number of nitrogens with two attached hydrogens (primary N) is 1. The van der Waals surface area contributed by atoms with E-state index < -0.39 is 0 Å². The molecule has 0 aliphatic carbocycles. The summed E-state index contributed by atoms with van der Waals surface area (Å²) in [6.07, 6.45) is 2.07. The van der Waals surface area contributed by atoms with Crippen LogP contribution in [0.3, 0.4) is 0 Å². The van der Waals surface area contributed by atoms with E-state index in [1.165, 1.54) is 10.5 Å². The maximum absolute atomic E-state index is 8.98. The molecule has 5 nitrogen and oxygen atoms in total. The molecule has 0 amide bonds. The summed E-state index contributed by atoms with van der Waals surface area (Å²) in [6, 6.07) is 14.3. The van der Waals surface area contributed by atoms with Crippen LogP contribution in [0.5, 0.6) is 0 Å². The van der Waals surface area contributed by atoms with Crippen molar-refractivity contribution in [3.63, 3.8) is 0 Å². The summed E-state index contributed by atoms with van der Waals surface area (Å²) >= 11 is 1.72. The molecule has 0 bridgehead atoms. The third-order valence-corrected chi connectivity index (χ3v) is 4.33. The monoisotopic (exact) mass is 326 g/mol. The fourth-order valence-corrected chi connectivity index (χ4v) is 3.13. The van der Waals surface area contributed by atoms with Crippen molar-refractivity contribution < 1.29 is 5.11 Å². The first-order valence-electron chi connectivity index (χ1n) is 7.28. The maximum Gasteiger partial charge on any atom is 0.222 e. The molecule has 0 unspecified atom stereocenters. The van der Waals surface area contributed by atoms with E-state index in [-0.39, 0.29) is 12.6 Å². The molecule has 0 aliphatic heterocycles. The van der Waals surface area contributed by atoms with Gasteiger partial charge in [0.1, 0.15) is 5.82 Å². The van der Waals surface area contributed by atoms with Crippen LogP contribution in [0.1, 0.15) is 0 Å². The Kier molecular flexibility index (Phi) is 4.64. The molecule has 0 radical (unpaired) electrons. The van der Waals surface area contributed by atoms with Gasteiger partial charge in [-0.15, -0.1) is 11.8 Å². The van der Waals surface area contributed by atoms with E-state index in [4.69, 9.17) is 10.8 Å². The minimum Gasteiger partial charge on any atom is -0.395 e. The Bertz CT molecular complexity index is 838. The van der Waals surface area contributed by atoms with E-state index in [0.29, 0.717) is 12.4 Å². The molecule has 0 spiro atoms. The molecule has 0 atom stereocenters. The zero-order valence-electron chi connectivity index (χ0n) is 12.8. The average Bonchev–Trinajstić information content (AvgIpc) is 2.58. The number of rotatable bonds is 5. The van der Waals surface area contributed by atoms with Crippen molar-refractivity contribution in [1.29, 1.82) is 0 Å². The molecule has 1 heterocycles. The molecule has 23 heavy (non-hydrogen) atoms. The molecule has 4 N–H and O–H groups in total. The molecule has 3 aromatic rings. The van der Waals surface area contributed by atoms with Gasteiger partial charge in [0, 0.05) is 16.8 Å². The van der Waals surface area contributed by atoms with Crippen LogP contribution in [0.25, 0.3) is 22.0 Å². The quantitative estimate of drug-likeness (QED) is 0.625. The number of anilines is 2. The SMILES string of the molecule is CSc1ccccc1-c1ccc2c(NCCO)nc(N)nc2c1. The normalized spacial score (nSPS) is 10.9. The van der Waals surface area contributed by atoms with Gasteiger partial charge < -0.3 is 16.2 Å². The lowest BCUT2D eigenvalue weighted by atomic mass is 10.0. The summed E-state index contributed by atoms with van der Waals surface area (Å²) in [4.78, 5) is 9.77. The highest BCUT2D eigenvalue weighted by Gasteiger charge is 2.09. The summed E-state index contributed by atoms with van der Waals surface area (Å²) < 4.78 is 0. The molecular weight excluding hydrogens is 308 g/mol. The van der Waals surface area contributed by atoms with Gasteiger partial charge in [-0.05, 0) is 35.6 Å². The van der Waals surface area contributed by atoms with Gasteiger partial charge in [-0.25, -0.2) is 4.98 Å². The first kappa shape index (κ1) is 15.6. The van der Waals surface area contributed by atoms with Crippen molar-refractivity contribution >= 4 is 34.4 Å². The summed E-state index contributed by atoms with van der Waals surface area (Å²) in [5.74, 6) is 0.861. The minimum atomic E-state index is 0.0323. The Hall–Kier alpha value is -2.31. The molecule has 6 heteroatoms. The number of fused-ring (bicyclic) bond motifs is 1. The molecule has 0 aliphatic rings. The van der Waals surface area contributed by atoms with Crippen molar-refractivity contribution in [3.8, 4) is 11.1 Å². The lowest BCUT2D eigenvalue weighted by Crippen LogP contribution is -2.09. The number of nitrogens with zero attached hydrogens (tertiary/aromatic N) is 2. The van der Waals surface area contributed by atoms with E-state index in [0.717, 1.165) is 16.5 Å². The Balaban J connectivity index is 2.12. The topological polar surface area (TPSA) is 84.1 Å². The van der Waals surface area contributed by atoms with Crippen LogP contribution in [-0.2, 0) is 0 Å². The summed E-state index contributed by atoms with van der Waals surface area (Å²) in [6.45, 7) is 0.452. The van der Waals surface area contributed by atoms with Gasteiger partial charge in [0.2, 0.25) is 5.95 Å². The van der Waals surface area contributed by atoms with E-state index in [1.807, 2.05) is 24.3 Å². The Labute approximate surface area is 139 Å². The van der Waals surface area contributed by atoms with Gasteiger partial charge in [0.15, 0.2) is 0 Å². The fraction of sp³-hybridized carbons (Fsp3) is 0.176. The van der Waals surface area contributed by atoms with E-state index >= 15 is 0 Å². The molecule has 2 aromatic carbocycles. The highest BCUT2D eigenvalue weighted by Crippen LogP contribution is 2.32. The van der Waals surface area contributed by atoms with Crippen molar-refractivity contribution in [3.05, 3.63) is 42.5 Å². The molecule has 3 rings (SSSR count). The predicted octanol–water partition coefficient (Wildman–Crippen LogP) is 3.01. The van der Waals surface area contributed by atoms with Crippen LogP contribution in [-0.4, -0.2) is 34.5 Å². The van der Waals surface area contributed by atoms with Crippen LogP contribution in [0, 0.1) is 0 Å². The number of hydrogen-bond acceptors (Lipinski definition) is 6. The Morgan fingerprint density at radius 1 is 1.17 bits per heavy atom. The lowest BCUT2D eigenvalue weighted by molar-refractivity contribution is 0.311.